The van der Waals surface area contributed by atoms with Crippen molar-refractivity contribution < 1.29 is 4.74 Å². The van der Waals surface area contributed by atoms with Gasteiger partial charge in [0.1, 0.15) is 0 Å². The van der Waals surface area contributed by atoms with Gasteiger partial charge in [0, 0.05) is 33.0 Å². The van der Waals surface area contributed by atoms with Crippen LogP contribution in [0.15, 0.2) is 24.5 Å². The molecule has 0 bridgehead atoms. The van der Waals surface area contributed by atoms with Crippen molar-refractivity contribution in [3.8, 4) is 6.01 Å². The molecule has 0 atom stereocenters. The van der Waals surface area contributed by atoms with Crippen LogP contribution in [0.2, 0.25) is 0 Å². The molecule has 0 aliphatic rings. The minimum atomic E-state index is 0.00969. The highest BCUT2D eigenvalue weighted by molar-refractivity contribution is 5.38. The van der Waals surface area contributed by atoms with Crippen molar-refractivity contribution >= 4 is 11.9 Å². The van der Waals surface area contributed by atoms with E-state index < -0.39 is 0 Å². The molecule has 2 aromatic heterocycles. The van der Waals surface area contributed by atoms with Gasteiger partial charge in [-0.25, -0.2) is 0 Å². The van der Waals surface area contributed by atoms with Gasteiger partial charge in [-0.3, -0.25) is 4.98 Å². The number of ether oxygens (including phenoxy) is 1. The molecule has 0 spiro atoms. The monoisotopic (exact) mass is 288 g/mol. The van der Waals surface area contributed by atoms with Crippen LogP contribution in [0.1, 0.15) is 19.4 Å². The molecule has 7 heteroatoms. The van der Waals surface area contributed by atoms with Gasteiger partial charge in [-0.2, -0.15) is 15.0 Å². The van der Waals surface area contributed by atoms with Crippen LogP contribution in [-0.4, -0.2) is 40.1 Å². The Bertz CT molecular complexity index is 575. The maximum atomic E-state index is 5.56. The number of aromatic nitrogens is 4. The average Bonchev–Trinajstić information content (AvgIpc) is 2.47. The van der Waals surface area contributed by atoms with Gasteiger partial charge >= 0.3 is 6.01 Å². The molecule has 0 saturated carbocycles. The van der Waals surface area contributed by atoms with E-state index in [-0.39, 0.29) is 6.10 Å². The third-order valence-electron chi connectivity index (χ3n) is 2.68. The fourth-order valence-corrected chi connectivity index (χ4v) is 1.72. The molecule has 2 aromatic rings. The first-order valence-corrected chi connectivity index (χ1v) is 6.79. The first kappa shape index (κ1) is 15.0. The summed E-state index contributed by atoms with van der Waals surface area (Å²) >= 11 is 0. The van der Waals surface area contributed by atoms with Crippen molar-refractivity contribution in [2.45, 2.75) is 26.5 Å². The molecular formula is C14H20N6O. The van der Waals surface area contributed by atoms with Crippen LogP contribution in [0.25, 0.3) is 0 Å². The smallest absolute Gasteiger partial charge is 0.323 e. The molecular weight excluding hydrogens is 268 g/mol. The molecule has 0 aliphatic carbocycles. The second-order valence-electron chi connectivity index (χ2n) is 4.87. The Morgan fingerprint density at radius 3 is 2.52 bits per heavy atom. The van der Waals surface area contributed by atoms with Crippen LogP contribution >= 0.6 is 0 Å². The topological polar surface area (TPSA) is 76.1 Å². The molecule has 112 valence electrons. The van der Waals surface area contributed by atoms with Gasteiger partial charge in [0.05, 0.1) is 6.10 Å². The van der Waals surface area contributed by atoms with Crippen molar-refractivity contribution in [3.05, 3.63) is 30.1 Å². The van der Waals surface area contributed by atoms with Crippen LogP contribution in [0.3, 0.4) is 0 Å². The van der Waals surface area contributed by atoms with Crippen molar-refractivity contribution in [2.24, 2.45) is 0 Å². The van der Waals surface area contributed by atoms with E-state index in [1.165, 1.54) is 0 Å². The molecule has 0 unspecified atom stereocenters. The molecule has 0 saturated heterocycles. The summed E-state index contributed by atoms with van der Waals surface area (Å²) in [5.74, 6) is 1.04. The van der Waals surface area contributed by atoms with Crippen molar-refractivity contribution in [1.82, 2.24) is 19.9 Å². The highest BCUT2D eigenvalue weighted by atomic mass is 16.5. The van der Waals surface area contributed by atoms with Crippen molar-refractivity contribution in [2.75, 3.05) is 24.3 Å². The summed E-state index contributed by atoms with van der Waals surface area (Å²) < 4.78 is 5.56. The first-order chi connectivity index (χ1) is 10.1. The molecule has 21 heavy (non-hydrogen) atoms. The first-order valence-electron chi connectivity index (χ1n) is 6.79. The second-order valence-corrected chi connectivity index (χ2v) is 4.87. The highest BCUT2D eigenvalue weighted by Crippen LogP contribution is 2.16. The molecule has 2 heterocycles. The Labute approximate surface area is 124 Å². The van der Waals surface area contributed by atoms with E-state index in [4.69, 9.17) is 4.74 Å². The van der Waals surface area contributed by atoms with E-state index in [2.05, 4.69) is 25.3 Å². The maximum absolute atomic E-state index is 5.56. The molecule has 0 radical (unpaired) electrons. The number of hydrogen-bond acceptors (Lipinski definition) is 7. The van der Waals surface area contributed by atoms with E-state index in [9.17, 15) is 0 Å². The zero-order valence-electron chi connectivity index (χ0n) is 12.7. The third-order valence-corrected chi connectivity index (χ3v) is 2.68. The molecule has 0 aromatic carbocycles. The number of nitrogens with one attached hydrogen (secondary N) is 1. The van der Waals surface area contributed by atoms with Gasteiger partial charge in [0.2, 0.25) is 11.9 Å². The van der Waals surface area contributed by atoms with Crippen molar-refractivity contribution in [1.29, 1.82) is 0 Å². The predicted octanol–water partition coefficient (Wildman–Crippen LogP) is 1.73. The Morgan fingerprint density at radius 1 is 1.19 bits per heavy atom. The minimum Gasteiger partial charge on any atom is -0.461 e. The number of pyridine rings is 1. The summed E-state index contributed by atoms with van der Waals surface area (Å²) in [6, 6.07) is 4.24. The molecule has 7 nitrogen and oxygen atoms in total. The molecule has 2 rings (SSSR count). The van der Waals surface area contributed by atoms with E-state index in [1.54, 1.807) is 19.4 Å². The van der Waals surface area contributed by atoms with E-state index in [0.717, 1.165) is 5.56 Å². The van der Waals surface area contributed by atoms with E-state index >= 15 is 0 Å². The summed E-state index contributed by atoms with van der Waals surface area (Å²) in [4.78, 5) is 18.8. The zero-order valence-corrected chi connectivity index (χ0v) is 12.7. The maximum Gasteiger partial charge on any atom is 0.323 e. The lowest BCUT2D eigenvalue weighted by Crippen LogP contribution is -2.21. The van der Waals surface area contributed by atoms with Crippen LogP contribution in [0.5, 0.6) is 6.01 Å². The average molecular weight is 288 g/mol. The summed E-state index contributed by atoms with van der Waals surface area (Å²) in [7, 11) is 3.69. The van der Waals surface area contributed by atoms with Crippen LogP contribution in [0.4, 0.5) is 11.9 Å². The summed E-state index contributed by atoms with van der Waals surface area (Å²) in [6.45, 7) is 4.54. The predicted molar refractivity (Wildman–Crippen MR) is 81.5 cm³/mol. The van der Waals surface area contributed by atoms with Gasteiger partial charge in [0.15, 0.2) is 0 Å². The summed E-state index contributed by atoms with van der Waals surface area (Å²) in [5.41, 5.74) is 1.13. The standard InChI is InChI=1S/C14H20N6O/c1-10(2)21-14-18-12(15-3)17-13(19-14)20(4)9-11-5-7-16-8-6-11/h5-8,10H,9H2,1-4H3,(H,15,17,18,19). The van der Waals surface area contributed by atoms with Crippen LogP contribution in [-0.2, 0) is 6.54 Å². The zero-order chi connectivity index (χ0) is 15.2. The quantitative estimate of drug-likeness (QED) is 0.867. The molecule has 0 fully saturated rings. The van der Waals surface area contributed by atoms with E-state index in [0.29, 0.717) is 24.5 Å². The minimum absolute atomic E-state index is 0.00969. The fraction of sp³-hybridized carbons (Fsp3) is 0.429. The lowest BCUT2D eigenvalue weighted by molar-refractivity contribution is 0.222. The Morgan fingerprint density at radius 2 is 1.90 bits per heavy atom. The third kappa shape index (κ3) is 4.27. The molecule has 1 N–H and O–H groups in total. The van der Waals surface area contributed by atoms with Crippen LogP contribution in [0, 0.1) is 0 Å². The van der Waals surface area contributed by atoms with Crippen LogP contribution < -0.4 is 15.0 Å². The lowest BCUT2D eigenvalue weighted by Gasteiger charge is -2.18. The Kier molecular flexibility index (Phi) is 4.86. The lowest BCUT2D eigenvalue weighted by atomic mass is 10.2. The SMILES string of the molecule is CNc1nc(OC(C)C)nc(N(C)Cc2ccncc2)n1. The number of nitrogens with zero attached hydrogens (tertiary/aromatic N) is 5. The number of hydrogen-bond donors (Lipinski definition) is 1. The highest BCUT2D eigenvalue weighted by Gasteiger charge is 2.12. The number of anilines is 2. The molecule has 0 aliphatic heterocycles. The normalized spacial score (nSPS) is 10.5. The van der Waals surface area contributed by atoms with Gasteiger partial charge in [-0.15, -0.1) is 0 Å². The summed E-state index contributed by atoms with van der Waals surface area (Å²) in [5, 5.41) is 2.92. The van der Waals surface area contributed by atoms with Gasteiger partial charge in [-0.1, -0.05) is 0 Å². The Hall–Kier alpha value is -2.44. The fourth-order valence-electron chi connectivity index (χ4n) is 1.72. The second kappa shape index (κ2) is 6.83. The molecule has 0 amide bonds. The van der Waals surface area contributed by atoms with Gasteiger partial charge in [0.25, 0.3) is 0 Å². The number of rotatable bonds is 6. The van der Waals surface area contributed by atoms with Gasteiger partial charge < -0.3 is 15.0 Å². The largest absolute Gasteiger partial charge is 0.461 e. The van der Waals surface area contributed by atoms with Gasteiger partial charge in [-0.05, 0) is 31.5 Å². The Balaban J connectivity index is 2.21. The van der Waals surface area contributed by atoms with E-state index in [1.807, 2.05) is 37.9 Å². The summed E-state index contributed by atoms with van der Waals surface area (Å²) in [6.07, 6.45) is 3.54. The van der Waals surface area contributed by atoms with Crippen molar-refractivity contribution in [3.63, 3.8) is 0 Å².